The molecule has 0 fully saturated rings. The molecule has 25 heavy (non-hydrogen) atoms. The summed E-state index contributed by atoms with van der Waals surface area (Å²) in [5, 5.41) is 7.89. The normalized spacial score (nSPS) is 13.0. The molecule has 2 rings (SSSR count). The summed E-state index contributed by atoms with van der Waals surface area (Å²) >= 11 is 5.67. The largest absolute Gasteiger partial charge is 0.480 e. The maximum atomic E-state index is 13.4. The van der Waals surface area contributed by atoms with E-state index in [1.54, 1.807) is 6.21 Å². The molecule has 5 N–H and O–H groups in total. The summed E-state index contributed by atoms with van der Waals surface area (Å²) in [7, 11) is 0. The van der Waals surface area contributed by atoms with Gasteiger partial charge in [0, 0.05) is 17.5 Å². The highest BCUT2D eigenvalue weighted by molar-refractivity contribution is 6.31. The van der Waals surface area contributed by atoms with E-state index >= 15 is 0 Å². The van der Waals surface area contributed by atoms with Gasteiger partial charge < -0.3 is 16.6 Å². The lowest BCUT2D eigenvalue weighted by molar-refractivity contribution is -0.138. The van der Waals surface area contributed by atoms with Crippen LogP contribution in [0.1, 0.15) is 31.0 Å². The molecular weight excluding hydrogens is 345 g/mol. The van der Waals surface area contributed by atoms with Crippen LogP contribution >= 0.6 is 11.6 Å². The van der Waals surface area contributed by atoms with Crippen LogP contribution in [0.2, 0.25) is 5.02 Å². The highest BCUT2D eigenvalue weighted by atomic mass is 35.5. The second-order valence-corrected chi connectivity index (χ2v) is 5.79. The summed E-state index contributed by atoms with van der Waals surface area (Å²) in [5.41, 5.74) is 12.7. The van der Waals surface area contributed by atoms with Crippen LogP contribution in [0.4, 0.5) is 10.1 Å². The van der Waals surface area contributed by atoms with Crippen molar-refractivity contribution in [2.24, 2.45) is 10.7 Å². The van der Waals surface area contributed by atoms with Gasteiger partial charge in [-0.1, -0.05) is 41.9 Å². The van der Waals surface area contributed by atoms with Crippen molar-refractivity contribution in [1.29, 1.82) is 0 Å². The Labute approximate surface area is 151 Å². The van der Waals surface area contributed by atoms with Crippen molar-refractivity contribution in [3.63, 3.8) is 0 Å². The number of carboxylic acid groups (broad SMARTS) is 1. The molecule has 7 heteroatoms. The van der Waals surface area contributed by atoms with E-state index in [1.807, 2.05) is 37.3 Å². The Morgan fingerprint density at radius 3 is 2.36 bits per heavy atom. The zero-order valence-corrected chi connectivity index (χ0v) is 14.7. The van der Waals surface area contributed by atoms with Crippen molar-refractivity contribution in [2.45, 2.75) is 25.9 Å². The van der Waals surface area contributed by atoms with Gasteiger partial charge in [-0.05, 0) is 31.5 Å². The molecule has 0 aliphatic heterocycles. The zero-order chi connectivity index (χ0) is 19.0. The van der Waals surface area contributed by atoms with E-state index in [0.717, 1.165) is 5.56 Å². The molecular formula is C18H21ClFN3O2. The maximum absolute atomic E-state index is 13.4. The minimum Gasteiger partial charge on any atom is -0.480 e. The Hall–Kier alpha value is -2.44. The first-order valence-corrected chi connectivity index (χ1v) is 7.91. The van der Waals surface area contributed by atoms with E-state index in [-0.39, 0.29) is 11.1 Å². The number of benzene rings is 2. The van der Waals surface area contributed by atoms with Gasteiger partial charge >= 0.3 is 5.97 Å². The number of aliphatic imine (C=N–C) groups is 1. The third-order valence-electron chi connectivity index (χ3n) is 3.21. The van der Waals surface area contributed by atoms with Crippen LogP contribution < -0.4 is 11.5 Å². The van der Waals surface area contributed by atoms with Gasteiger partial charge in [0.1, 0.15) is 11.9 Å². The van der Waals surface area contributed by atoms with Gasteiger partial charge in [0.2, 0.25) is 0 Å². The van der Waals surface area contributed by atoms with Crippen LogP contribution in [0, 0.1) is 5.82 Å². The average molecular weight is 366 g/mol. The van der Waals surface area contributed by atoms with Crippen molar-refractivity contribution in [3.05, 3.63) is 64.4 Å². The number of nitrogens with zero attached hydrogens (tertiary/aromatic N) is 1. The number of nitrogen functional groups attached to an aromatic ring is 1. The minimum atomic E-state index is -0.963. The van der Waals surface area contributed by atoms with Gasteiger partial charge in [0.05, 0.1) is 11.1 Å². The molecule has 0 radical (unpaired) electrons. The van der Waals surface area contributed by atoms with Crippen LogP contribution in [0.15, 0.2) is 47.5 Å². The number of hydrogen-bond donors (Lipinski definition) is 3. The van der Waals surface area contributed by atoms with Crippen LogP contribution in [0.3, 0.4) is 0 Å². The number of carboxylic acids is 1. The Balaban J connectivity index is 0.000000450. The molecule has 5 nitrogen and oxygen atoms in total. The summed E-state index contributed by atoms with van der Waals surface area (Å²) in [6.45, 7) is 3.28. The van der Waals surface area contributed by atoms with Gasteiger partial charge in [0.25, 0.3) is 0 Å². The molecule has 2 aromatic rings. The lowest BCUT2D eigenvalue weighted by Gasteiger charge is -2.11. The summed E-state index contributed by atoms with van der Waals surface area (Å²) in [5.74, 6) is -1.44. The van der Waals surface area contributed by atoms with E-state index in [9.17, 15) is 9.18 Å². The fourth-order valence-electron chi connectivity index (χ4n) is 1.76. The standard InChI is InChI=1S/C15H14ClFN2.C3H7NO2/c1-10(19-9-11-5-3-2-4-6-11)12-7-14(17)13(16)8-15(12)18;1-2(4)3(5)6/h2-10H,18H2,1H3;2H,4H2,1H3,(H,5,6). The Morgan fingerprint density at radius 2 is 1.84 bits per heavy atom. The van der Waals surface area contributed by atoms with E-state index in [0.29, 0.717) is 11.3 Å². The van der Waals surface area contributed by atoms with Crippen molar-refractivity contribution < 1.29 is 14.3 Å². The molecule has 0 saturated heterocycles. The SMILES string of the molecule is CC(N)C(=O)O.CC(N=Cc1ccccc1)c1cc(F)c(Cl)cc1N. The molecule has 0 spiro atoms. The van der Waals surface area contributed by atoms with Gasteiger partial charge in [-0.3, -0.25) is 9.79 Å². The first-order chi connectivity index (χ1) is 11.7. The van der Waals surface area contributed by atoms with Crippen molar-refractivity contribution in [1.82, 2.24) is 0 Å². The molecule has 0 amide bonds. The monoisotopic (exact) mass is 365 g/mol. The molecule has 2 atom stereocenters. The topological polar surface area (TPSA) is 102 Å². The molecule has 0 bridgehead atoms. The number of anilines is 1. The van der Waals surface area contributed by atoms with Gasteiger partial charge in [-0.2, -0.15) is 0 Å². The van der Waals surface area contributed by atoms with Crippen molar-refractivity contribution in [3.8, 4) is 0 Å². The fraction of sp³-hybridized carbons (Fsp3) is 0.222. The van der Waals surface area contributed by atoms with Crippen LogP contribution in [0.25, 0.3) is 0 Å². The molecule has 0 saturated carbocycles. The quantitative estimate of drug-likeness (QED) is 0.568. The maximum Gasteiger partial charge on any atom is 0.320 e. The lowest BCUT2D eigenvalue weighted by atomic mass is 10.1. The molecule has 0 aromatic heterocycles. The second kappa shape index (κ2) is 9.76. The summed E-state index contributed by atoms with van der Waals surface area (Å²) in [4.78, 5) is 14.0. The number of nitrogens with two attached hydrogens (primary N) is 2. The van der Waals surface area contributed by atoms with Crippen LogP contribution in [0.5, 0.6) is 0 Å². The number of hydrogen-bond acceptors (Lipinski definition) is 4. The first kappa shape index (κ1) is 20.6. The van der Waals surface area contributed by atoms with Crippen LogP contribution in [-0.2, 0) is 4.79 Å². The Bertz CT molecular complexity index is 737. The third kappa shape index (κ3) is 6.91. The Morgan fingerprint density at radius 1 is 1.28 bits per heavy atom. The predicted molar refractivity (Wildman–Crippen MR) is 99.6 cm³/mol. The van der Waals surface area contributed by atoms with E-state index in [1.165, 1.54) is 19.1 Å². The van der Waals surface area contributed by atoms with Gasteiger partial charge in [-0.25, -0.2) is 4.39 Å². The van der Waals surface area contributed by atoms with Gasteiger partial charge in [0.15, 0.2) is 0 Å². The minimum absolute atomic E-state index is 0.0282. The molecule has 0 heterocycles. The third-order valence-corrected chi connectivity index (χ3v) is 3.50. The highest BCUT2D eigenvalue weighted by Crippen LogP contribution is 2.28. The van der Waals surface area contributed by atoms with Gasteiger partial charge in [-0.15, -0.1) is 0 Å². The molecule has 0 aliphatic carbocycles. The van der Waals surface area contributed by atoms with E-state index in [2.05, 4.69) is 4.99 Å². The smallest absolute Gasteiger partial charge is 0.320 e. The van der Waals surface area contributed by atoms with E-state index in [4.69, 9.17) is 28.2 Å². The number of rotatable bonds is 4. The first-order valence-electron chi connectivity index (χ1n) is 7.53. The van der Waals surface area contributed by atoms with Crippen molar-refractivity contribution >= 4 is 29.5 Å². The lowest BCUT2D eigenvalue weighted by Crippen LogP contribution is -2.25. The predicted octanol–water partition coefficient (Wildman–Crippen LogP) is 3.66. The van der Waals surface area contributed by atoms with Crippen LogP contribution in [-0.4, -0.2) is 23.3 Å². The van der Waals surface area contributed by atoms with E-state index < -0.39 is 17.8 Å². The molecule has 134 valence electrons. The average Bonchev–Trinajstić information content (AvgIpc) is 2.57. The molecule has 2 unspecified atom stereocenters. The fourth-order valence-corrected chi connectivity index (χ4v) is 1.93. The zero-order valence-electron chi connectivity index (χ0n) is 14.0. The summed E-state index contributed by atoms with van der Waals surface area (Å²) < 4.78 is 13.4. The molecule has 2 aromatic carbocycles. The number of aliphatic carboxylic acids is 1. The number of halogens is 2. The van der Waals surface area contributed by atoms with Crippen molar-refractivity contribution in [2.75, 3.05) is 5.73 Å². The summed E-state index contributed by atoms with van der Waals surface area (Å²) in [6.07, 6.45) is 1.75. The highest BCUT2D eigenvalue weighted by Gasteiger charge is 2.11. The Kier molecular flexibility index (Phi) is 8.04. The molecule has 0 aliphatic rings. The summed E-state index contributed by atoms with van der Waals surface area (Å²) in [6, 6.07) is 11.5. The number of carbonyl (C=O) groups is 1. The second-order valence-electron chi connectivity index (χ2n) is 5.39.